The first kappa shape index (κ1) is 24.5. The summed E-state index contributed by atoms with van der Waals surface area (Å²) in [7, 11) is 0. The molecule has 1 heterocycles. The maximum atomic E-state index is 11.7. The van der Waals surface area contributed by atoms with Gasteiger partial charge in [-0.1, -0.05) is 51.9 Å². The van der Waals surface area contributed by atoms with Gasteiger partial charge in [0, 0.05) is 18.2 Å². The third kappa shape index (κ3) is 11.8. The molecule has 27 heavy (non-hydrogen) atoms. The van der Waals surface area contributed by atoms with E-state index in [4.69, 9.17) is 4.74 Å². The summed E-state index contributed by atoms with van der Waals surface area (Å²) in [5.74, 6) is -0.235. The lowest BCUT2D eigenvalue weighted by Crippen LogP contribution is -2.50. The number of piperidine rings is 1. The summed E-state index contributed by atoms with van der Waals surface area (Å²) < 4.78 is 5.55. The van der Waals surface area contributed by atoms with Crippen molar-refractivity contribution in [1.82, 2.24) is 5.32 Å². The van der Waals surface area contributed by atoms with Crippen LogP contribution in [-0.2, 0) is 9.53 Å². The van der Waals surface area contributed by atoms with Crippen LogP contribution in [0.25, 0.3) is 0 Å². The largest absolute Gasteiger partial charge is 0.458 e. The lowest BCUT2D eigenvalue weighted by Gasteiger charge is -2.35. The Morgan fingerprint density at radius 3 is 2.59 bits per heavy atom. The van der Waals surface area contributed by atoms with Gasteiger partial charge in [-0.05, 0) is 50.7 Å². The predicted octanol–water partition coefficient (Wildman–Crippen LogP) is 5.20. The number of carbonyl (C=O) groups is 1. The second-order valence-electron chi connectivity index (χ2n) is 7.88. The van der Waals surface area contributed by atoms with Crippen LogP contribution in [-0.4, -0.2) is 41.6 Å². The van der Waals surface area contributed by atoms with Crippen LogP contribution in [0.4, 0.5) is 0 Å². The molecule has 1 unspecified atom stereocenters. The van der Waals surface area contributed by atoms with Crippen molar-refractivity contribution in [2.24, 2.45) is 0 Å². The number of carbonyl (C=O) groups excluding carboxylic acids is 1. The SMILES string of the molecule is CCCCC(O)CCCCCCC[C@@H]1CC[C@H](OC(=O)/C=C\SC)[C@@H](C)N1. The Morgan fingerprint density at radius 1 is 1.19 bits per heavy atom. The molecule has 4 atom stereocenters. The van der Waals surface area contributed by atoms with Gasteiger partial charge < -0.3 is 15.2 Å². The molecular weight excluding hydrogens is 358 g/mol. The smallest absolute Gasteiger partial charge is 0.331 e. The van der Waals surface area contributed by atoms with Crippen LogP contribution in [0.5, 0.6) is 0 Å². The number of aliphatic hydroxyl groups excluding tert-OH is 1. The molecule has 0 aromatic rings. The van der Waals surface area contributed by atoms with Gasteiger partial charge in [-0.3, -0.25) is 0 Å². The number of rotatable bonds is 14. The van der Waals surface area contributed by atoms with Crippen LogP contribution in [0, 0.1) is 0 Å². The van der Waals surface area contributed by atoms with E-state index < -0.39 is 0 Å². The maximum Gasteiger partial charge on any atom is 0.331 e. The van der Waals surface area contributed by atoms with Gasteiger partial charge in [0.25, 0.3) is 0 Å². The molecule has 0 amide bonds. The number of aliphatic hydroxyl groups is 1. The number of thioether (sulfide) groups is 1. The summed E-state index contributed by atoms with van der Waals surface area (Å²) >= 11 is 1.50. The first-order valence-corrected chi connectivity index (χ1v) is 12.2. The Labute approximate surface area is 170 Å². The molecule has 1 rings (SSSR count). The normalized spacial score (nSPS) is 24.2. The van der Waals surface area contributed by atoms with Crippen molar-refractivity contribution < 1.29 is 14.6 Å². The van der Waals surface area contributed by atoms with Gasteiger partial charge in [0.1, 0.15) is 6.10 Å². The zero-order chi connectivity index (χ0) is 19.9. The van der Waals surface area contributed by atoms with Crippen molar-refractivity contribution in [2.75, 3.05) is 6.26 Å². The Kier molecular flexibility index (Phi) is 14.0. The number of hydrogen-bond donors (Lipinski definition) is 2. The Hall–Kier alpha value is -0.520. The van der Waals surface area contributed by atoms with E-state index in [0.29, 0.717) is 6.04 Å². The predicted molar refractivity (Wildman–Crippen MR) is 116 cm³/mol. The average molecular weight is 400 g/mol. The second kappa shape index (κ2) is 15.4. The summed E-state index contributed by atoms with van der Waals surface area (Å²) in [4.78, 5) is 11.7. The minimum atomic E-state index is -0.235. The molecule has 1 aliphatic rings. The van der Waals surface area contributed by atoms with E-state index in [1.54, 1.807) is 5.41 Å². The van der Waals surface area contributed by atoms with E-state index in [1.165, 1.54) is 56.4 Å². The molecule has 1 saturated heterocycles. The van der Waals surface area contributed by atoms with Gasteiger partial charge in [-0.25, -0.2) is 4.79 Å². The van der Waals surface area contributed by atoms with Crippen molar-refractivity contribution in [1.29, 1.82) is 0 Å². The van der Waals surface area contributed by atoms with Gasteiger partial charge in [0.15, 0.2) is 0 Å². The van der Waals surface area contributed by atoms with Crippen molar-refractivity contribution in [3.8, 4) is 0 Å². The molecule has 0 saturated carbocycles. The number of nitrogens with one attached hydrogen (secondary N) is 1. The fourth-order valence-corrected chi connectivity index (χ4v) is 4.01. The van der Waals surface area contributed by atoms with Gasteiger partial charge in [-0.2, -0.15) is 0 Å². The monoisotopic (exact) mass is 399 g/mol. The molecule has 158 valence electrons. The summed E-state index contributed by atoms with van der Waals surface area (Å²) in [6.07, 6.45) is 17.0. The highest BCUT2D eigenvalue weighted by Crippen LogP contribution is 2.21. The molecule has 0 aliphatic carbocycles. The standard InChI is InChI=1S/C22H41NO3S/c1-4-5-12-20(24)13-10-8-6-7-9-11-19-14-15-21(18(2)23-19)26-22(25)16-17-27-3/h16-21,23-24H,4-15H2,1-3H3/b17-16-/t18-,19-,20?,21+/m1/s1. The summed E-state index contributed by atoms with van der Waals surface area (Å²) in [5, 5.41) is 15.2. The quantitative estimate of drug-likeness (QED) is 0.239. The molecule has 1 aliphatic heterocycles. The van der Waals surface area contributed by atoms with Crippen molar-refractivity contribution in [2.45, 2.75) is 115 Å². The van der Waals surface area contributed by atoms with Crippen LogP contribution in [0.15, 0.2) is 11.5 Å². The Bertz CT molecular complexity index is 416. The molecule has 0 aromatic carbocycles. The van der Waals surface area contributed by atoms with Crippen molar-refractivity contribution in [3.05, 3.63) is 11.5 Å². The molecule has 0 aromatic heterocycles. The molecule has 2 N–H and O–H groups in total. The van der Waals surface area contributed by atoms with Gasteiger partial charge in [0.2, 0.25) is 0 Å². The van der Waals surface area contributed by atoms with E-state index in [-0.39, 0.29) is 24.2 Å². The molecule has 0 spiro atoms. The second-order valence-corrected chi connectivity index (χ2v) is 8.63. The van der Waals surface area contributed by atoms with E-state index in [2.05, 4.69) is 19.2 Å². The number of unbranched alkanes of at least 4 members (excludes halogenated alkanes) is 5. The lowest BCUT2D eigenvalue weighted by molar-refractivity contribution is -0.145. The molecule has 0 bridgehead atoms. The summed E-state index contributed by atoms with van der Waals surface area (Å²) in [6, 6.07) is 0.771. The van der Waals surface area contributed by atoms with Crippen LogP contribution in [0.1, 0.15) is 90.9 Å². The zero-order valence-corrected chi connectivity index (χ0v) is 18.4. The van der Waals surface area contributed by atoms with Gasteiger partial charge >= 0.3 is 5.97 Å². The molecule has 4 nitrogen and oxygen atoms in total. The first-order chi connectivity index (χ1) is 13.1. The van der Waals surface area contributed by atoms with Crippen LogP contribution < -0.4 is 5.32 Å². The molecular formula is C22H41NO3S. The lowest BCUT2D eigenvalue weighted by atomic mass is 9.93. The van der Waals surface area contributed by atoms with Crippen molar-refractivity contribution in [3.63, 3.8) is 0 Å². The molecule has 1 fully saturated rings. The van der Waals surface area contributed by atoms with Crippen LogP contribution in [0.3, 0.4) is 0 Å². The molecule has 5 heteroatoms. The fraction of sp³-hybridized carbons (Fsp3) is 0.864. The van der Waals surface area contributed by atoms with E-state index in [9.17, 15) is 9.90 Å². The van der Waals surface area contributed by atoms with Crippen molar-refractivity contribution >= 4 is 17.7 Å². The number of ether oxygens (including phenoxy) is 1. The topological polar surface area (TPSA) is 58.6 Å². The molecule has 0 radical (unpaired) electrons. The summed E-state index contributed by atoms with van der Waals surface area (Å²) in [5.41, 5.74) is 0. The minimum absolute atomic E-state index is 0.0145. The Morgan fingerprint density at radius 2 is 1.89 bits per heavy atom. The van der Waals surface area contributed by atoms with E-state index in [1.807, 2.05) is 6.26 Å². The zero-order valence-electron chi connectivity index (χ0n) is 17.6. The average Bonchev–Trinajstić information content (AvgIpc) is 2.66. The van der Waals surface area contributed by atoms with E-state index >= 15 is 0 Å². The van der Waals surface area contributed by atoms with E-state index in [0.717, 1.165) is 38.5 Å². The first-order valence-electron chi connectivity index (χ1n) is 10.9. The third-order valence-corrected chi connectivity index (χ3v) is 5.85. The van der Waals surface area contributed by atoms with Crippen LogP contribution >= 0.6 is 11.8 Å². The minimum Gasteiger partial charge on any atom is -0.458 e. The summed E-state index contributed by atoms with van der Waals surface area (Å²) in [6.45, 7) is 4.29. The van der Waals surface area contributed by atoms with Crippen LogP contribution in [0.2, 0.25) is 0 Å². The number of hydrogen-bond acceptors (Lipinski definition) is 5. The highest BCUT2D eigenvalue weighted by molar-refractivity contribution is 8.01. The number of esters is 1. The highest BCUT2D eigenvalue weighted by atomic mass is 32.2. The highest BCUT2D eigenvalue weighted by Gasteiger charge is 2.28. The fourth-order valence-electron chi connectivity index (χ4n) is 3.76. The van der Waals surface area contributed by atoms with Gasteiger partial charge in [-0.15, -0.1) is 11.8 Å². The third-order valence-electron chi connectivity index (χ3n) is 5.44. The van der Waals surface area contributed by atoms with Gasteiger partial charge in [0.05, 0.1) is 6.10 Å². The maximum absolute atomic E-state index is 11.7. The Balaban J connectivity index is 2.05.